The number of rotatable bonds is 4. The molecule has 0 bridgehead atoms. The number of benzene rings is 2. The smallest absolute Gasteiger partial charge is 0.243 e. The minimum atomic E-state index is -0.536. The molecule has 2 N–H and O–H groups in total. The van der Waals surface area contributed by atoms with Crippen LogP contribution in [-0.2, 0) is 16.6 Å². The number of hydrogen-bond acceptors (Lipinski definition) is 4. The number of nitrogens with zero attached hydrogens (tertiary/aromatic N) is 2. The molecule has 0 atom stereocenters. The first-order valence-corrected chi connectivity index (χ1v) is 9.39. The van der Waals surface area contributed by atoms with E-state index >= 15 is 0 Å². The van der Waals surface area contributed by atoms with Crippen LogP contribution in [0.4, 0.5) is 5.69 Å². The Kier molecular flexibility index (Phi) is 4.80. The number of aromatic nitrogens is 2. The molecule has 148 valence electrons. The van der Waals surface area contributed by atoms with Gasteiger partial charge in [0.15, 0.2) is 0 Å². The first-order valence-electron chi connectivity index (χ1n) is 9.39. The second kappa shape index (κ2) is 7.43. The van der Waals surface area contributed by atoms with Gasteiger partial charge in [-0.25, -0.2) is 0 Å². The van der Waals surface area contributed by atoms with Crippen LogP contribution in [0.3, 0.4) is 0 Å². The summed E-state index contributed by atoms with van der Waals surface area (Å²) in [4.78, 5) is 25.5. The van der Waals surface area contributed by atoms with E-state index < -0.39 is 5.92 Å². The number of hydrogen-bond donors (Lipinski definition) is 2. The van der Waals surface area contributed by atoms with Gasteiger partial charge in [0.25, 0.3) is 0 Å². The van der Waals surface area contributed by atoms with Crippen molar-refractivity contribution in [2.24, 2.45) is 7.05 Å². The van der Waals surface area contributed by atoms with Crippen LogP contribution >= 0.6 is 0 Å². The Labute approximate surface area is 168 Å². The zero-order valence-electron chi connectivity index (χ0n) is 16.5. The quantitative estimate of drug-likeness (QED) is 0.717. The highest BCUT2D eigenvalue weighted by atomic mass is 16.5. The second-order valence-electron chi connectivity index (χ2n) is 7.05. The fourth-order valence-corrected chi connectivity index (χ4v) is 3.60. The minimum Gasteiger partial charge on any atom is -0.457 e. The second-order valence-corrected chi connectivity index (χ2v) is 7.05. The van der Waals surface area contributed by atoms with Crippen LogP contribution in [0.5, 0.6) is 11.5 Å². The molecule has 0 spiro atoms. The van der Waals surface area contributed by atoms with Gasteiger partial charge in [-0.3, -0.25) is 14.3 Å². The van der Waals surface area contributed by atoms with Crippen molar-refractivity contribution in [3.8, 4) is 11.5 Å². The van der Waals surface area contributed by atoms with E-state index in [2.05, 4.69) is 15.7 Å². The third-order valence-corrected chi connectivity index (χ3v) is 5.14. The summed E-state index contributed by atoms with van der Waals surface area (Å²) in [5, 5.41) is 9.88. The molecule has 2 heterocycles. The van der Waals surface area contributed by atoms with Crippen molar-refractivity contribution in [1.82, 2.24) is 15.1 Å². The van der Waals surface area contributed by atoms with E-state index in [4.69, 9.17) is 4.74 Å². The Bertz CT molecular complexity index is 1060. The zero-order chi connectivity index (χ0) is 20.5. The standard InChI is InChI=1S/C22H22N4O3/c1-13-21(14(2)26(3)25-13)24-19(27)12-23-22(28)20-15-8-4-6-10-17(15)29-18-11-7-5-9-16(18)20/h4-11,20H,12H2,1-3H3,(H,23,28)(H,24,27). The molecule has 0 saturated heterocycles. The summed E-state index contributed by atoms with van der Waals surface area (Å²) >= 11 is 0. The van der Waals surface area contributed by atoms with Gasteiger partial charge in [-0.15, -0.1) is 0 Å². The Hall–Kier alpha value is -3.61. The molecule has 1 aliphatic rings. The molecule has 3 aromatic rings. The summed E-state index contributed by atoms with van der Waals surface area (Å²) in [6, 6.07) is 14.9. The normalized spacial score (nSPS) is 12.5. The molecule has 0 radical (unpaired) electrons. The Morgan fingerprint density at radius 2 is 1.62 bits per heavy atom. The van der Waals surface area contributed by atoms with Gasteiger partial charge in [-0.2, -0.15) is 5.10 Å². The molecular formula is C22H22N4O3. The van der Waals surface area contributed by atoms with Crippen LogP contribution < -0.4 is 15.4 Å². The molecule has 4 rings (SSSR count). The molecule has 7 heteroatoms. The summed E-state index contributed by atoms with van der Waals surface area (Å²) < 4.78 is 7.63. The van der Waals surface area contributed by atoms with Crippen LogP contribution in [-0.4, -0.2) is 28.1 Å². The number of amides is 2. The summed E-state index contributed by atoms with van der Waals surface area (Å²) in [5.74, 6) is 0.217. The predicted octanol–water partition coefficient (Wildman–Crippen LogP) is 3.03. The van der Waals surface area contributed by atoms with Crippen molar-refractivity contribution in [3.05, 3.63) is 71.0 Å². The highest BCUT2D eigenvalue weighted by molar-refractivity contribution is 5.97. The van der Waals surface area contributed by atoms with Crippen LogP contribution in [0.25, 0.3) is 0 Å². The van der Waals surface area contributed by atoms with Gasteiger partial charge >= 0.3 is 0 Å². The van der Waals surface area contributed by atoms with Gasteiger partial charge in [0.2, 0.25) is 11.8 Å². The third kappa shape index (κ3) is 3.47. The van der Waals surface area contributed by atoms with E-state index in [-0.39, 0.29) is 18.4 Å². The van der Waals surface area contributed by atoms with Crippen molar-refractivity contribution < 1.29 is 14.3 Å². The molecule has 0 fully saturated rings. The summed E-state index contributed by atoms with van der Waals surface area (Å²) in [6.45, 7) is 3.58. The van der Waals surface area contributed by atoms with E-state index in [0.29, 0.717) is 17.2 Å². The van der Waals surface area contributed by atoms with Crippen molar-refractivity contribution in [2.75, 3.05) is 11.9 Å². The Morgan fingerprint density at radius 3 is 2.17 bits per heavy atom. The highest BCUT2D eigenvalue weighted by Gasteiger charge is 2.32. The van der Waals surface area contributed by atoms with Crippen LogP contribution in [0.15, 0.2) is 48.5 Å². The van der Waals surface area contributed by atoms with Crippen molar-refractivity contribution in [3.63, 3.8) is 0 Å². The van der Waals surface area contributed by atoms with Crippen LogP contribution in [0.2, 0.25) is 0 Å². The summed E-state index contributed by atoms with van der Waals surface area (Å²) in [6.07, 6.45) is 0. The van der Waals surface area contributed by atoms with E-state index in [9.17, 15) is 9.59 Å². The van der Waals surface area contributed by atoms with Crippen molar-refractivity contribution in [1.29, 1.82) is 0 Å². The topological polar surface area (TPSA) is 85.3 Å². The van der Waals surface area contributed by atoms with Gasteiger partial charge in [0, 0.05) is 18.2 Å². The maximum atomic E-state index is 13.1. The lowest BCUT2D eigenvalue weighted by Gasteiger charge is -2.27. The lowest BCUT2D eigenvalue weighted by Crippen LogP contribution is -2.37. The highest BCUT2D eigenvalue weighted by Crippen LogP contribution is 2.43. The lowest BCUT2D eigenvalue weighted by atomic mass is 9.87. The van der Waals surface area contributed by atoms with E-state index in [1.807, 2.05) is 69.4 Å². The van der Waals surface area contributed by atoms with Gasteiger partial charge in [0.05, 0.1) is 29.5 Å². The van der Waals surface area contributed by atoms with Crippen molar-refractivity contribution in [2.45, 2.75) is 19.8 Å². The molecule has 0 saturated carbocycles. The first-order chi connectivity index (χ1) is 14.0. The first kappa shape index (κ1) is 18.7. The van der Waals surface area contributed by atoms with Gasteiger partial charge in [-0.1, -0.05) is 36.4 Å². The number of ether oxygens (including phenoxy) is 1. The molecule has 2 aromatic carbocycles. The van der Waals surface area contributed by atoms with E-state index in [1.165, 1.54) is 0 Å². The molecule has 1 aliphatic heterocycles. The Balaban J connectivity index is 1.51. The largest absolute Gasteiger partial charge is 0.457 e. The molecule has 29 heavy (non-hydrogen) atoms. The molecular weight excluding hydrogens is 368 g/mol. The van der Waals surface area contributed by atoms with E-state index in [0.717, 1.165) is 22.5 Å². The average molecular weight is 390 g/mol. The van der Waals surface area contributed by atoms with Gasteiger partial charge in [-0.05, 0) is 26.0 Å². The van der Waals surface area contributed by atoms with Gasteiger partial charge < -0.3 is 15.4 Å². The third-order valence-electron chi connectivity index (χ3n) is 5.14. The summed E-state index contributed by atoms with van der Waals surface area (Å²) in [7, 11) is 1.82. The van der Waals surface area contributed by atoms with Crippen molar-refractivity contribution >= 4 is 17.5 Å². The number of para-hydroxylation sites is 2. The number of nitrogens with one attached hydrogen (secondary N) is 2. The fourth-order valence-electron chi connectivity index (χ4n) is 3.60. The van der Waals surface area contributed by atoms with Gasteiger partial charge in [0.1, 0.15) is 11.5 Å². The van der Waals surface area contributed by atoms with E-state index in [1.54, 1.807) is 4.68 Å². The summed E-state index contributed by atoms with van der Waals surface area (Å²) in [5.41, 5.74) is 3.83. The average Bonchev–Trinajstić information content (AvgIpc) is 2.96. The monoisotopic (exact) mass is 390 g/mol. The van der Waals surface area contributed by atoms with Crippen LogP contribution in [0, 0.1) is 13.8 Å². The zero-order valence-corrected chi connectivity index (χ0v) is 16.5. The number of fused-ring (bicyclic) bond motifs is 2. The predicted molar refractivity (Wildman–Crippen MR) is 109 cm³/mol. The SMILES string of the molecule is Cc1nn(C)c(C)c1NC(=O)CNC(=O)C1c2ccccc2Oc2ccccc21. The maximum Gasteiger partial charge on any atom is 0.243 e. The number of aryl methyl sites for hydroxylation is 2. The molecule has 2 amide bonds. The number of carbonyl (C=O) groups is 2. The number of carbonyl (C=O) groups excluding carboxylic acids is 2. The maximum absolute atomic E-state index is 13.1. The molecule has 7 nitrogen and oxygen atoms in total. The molecule has 1 aromatic heterocycles. The molecule has 0 aliphatic carbocycles. The Morgan fingerprint density at radius 1 is 1.03 bits per heavy atom. The number of anilines is 1. The molecule has 0 unspecified atom stereocenters. The minimum absolute atomic E-state index is 0.131. The van der Waals surface area contributed by atoms with Crippen LogP contribution in [0.1, 0.15) is 28.4 Å². The fraction of sp³-hybridized carbons (Fsp3) is 0.227. The lowest BCUT2D eigenvalue weighted by molar-refractivity contribution is -0.124.